The van der Waals surface area contributed by atoms with Crippen molar-refractivity contribution in [1.29, 1.82) is 0 Å². The number of thiophene rings is 1. The third-order valence-corrected chi connectivity index (χ3v) is 6.86. The number of hydrogen-bond donors (Lipinski definition) is 0. The van der Waals surface area contributed by atoms with E-state index in [9.17, 15) is 0 Å². The molecule has 0 amide bonds. The molecule has 1 aromatic heterocycles. The van der Waals surface area contributed by atoms with E-state index in [0.717, 1.165) is 14.5 Å². The van der Waals surface area contributed by atoms with Crippen molar-refractivity contribution >= 4 is 54.8 Å². The highest BCUT2D eigenvalue weighted by Crippen LogP contribution is 2.41. The van der Waals surface area contributed by atoms with Gasteiger partial charge in [0.1, 0.15) is 0 Å². The summed E-state index contributed by atoms with van der Waals surface area (Å²) in [6.45, 7) is 0. The minimum atomic E-state index is -0.0706. The van der Waals surface area contributed by atoms with E-state index in [1.165, 1.54) is 42.5 Å². The maximum atomic E-state index is 6.73. The molecule has 1 aromatic carbocycles. The first kappa shape index (κ1) is 15.1. The third kappa shape index (κ3) is 3.16. The molecule has 2 aromatic rings. The second kappa shape index (κ2) is 6.51. The summed E-state index contributed by atoms with van der Waals surface area (Å²) in [6, 6.07) is 8.51. The van der Waals surface area contributed by atoms with Crippen LogP contribution in [0.3, 0.4) is 0 Å². The number of aryl methyl sites for hydroxylation is 2. The first-order chi connectivity index (χ1) is 9.65. The van der Waals surface area contributed by atoms with Crippen LogP contribution in [0.4, 0.5) is 0 Å². The van der Waals surface area contributed by atoms with Gasteiger partial charge in [0.25, 0.3) is 0 Å². The molecule has 1 aliphatic rings. The normalized spacial score (nSPS) is 16.6. The van der Waals surface area contributed by atoms with Gasteiger partial charge in [-0.3, -0.25) is 0 Å². The Bertz CT molecular complexity index is 597. The van der Waals surface area contributed by atoms with E-state index in [1.807, 2.05) is 23.5 Å². The van der Waals surface area contributed by atoms with Crippen LogP contribution in [0, 0.1) is 0 Å². The zero-order valence-electron chi connectivity index (χ0n) is 11.0. The molecule has 0 fully saturated rings. The van der Waals surface area contributed by atoms with Gasteiger partial charge in [-0.15, -0.1) is 22.9 Å². The van der Waals surface area contributed by atoms with Gasteiger partial charge in [0.05, 0.1) is 5.38 Å². The van der Waals surface area contributed by atoms with Crippen molar-refractivity contribution < 1.29 is 0 Å². The summed E-state index contributed by atoms with van der Waals surface area (Å²) in [5.74, 6) is 0. The summed E-state index contributed by atoms with van der Waals surface area (Å²) in [6.07, 6.45) is 6.44. The molecule has 1 atom stereocenters. The maximum absolute atomic E-state index is 6.73. The summed E-state index contributed by atoms with van der Waals surface area (Å²) in [4.78, 5) is 2.83. The molecular weight excluding hydrogens is 420 g/mol. The average molecular weight is 435 g/mol. The summed E-state index contributed by atoms with van der Waals surface area (Å²) < 4.78 is 2.14. The Morgan fingerprint density at radius 3 is 2.70 bits per heavy atom. The molecule has 1 aliphatic carbocycles. The van der Waals surface area contributed by atoms with Gasteiger partial charge in [-0.25, -0.2) is 0 Å². The van der Waals surface area contributed by atoms with Gasteiger partial charge in [-0.2, -0.15) is 0 Å². The van der Waals surface area contributed by atoms with Crippen LogP contribution in [0.5, 0.6) is 0 Å². The highest BCUT2D eigenvalue weighted by atomic mass is 79.9. The van der Waals surface area contributed by atoms with Crippen LogP contribution in [0.25, 0.3) is 0 Å². The van der Waals surface area contributed by atoms with Crippen LogP contribution in [-0.4, -0.2) is 0 Å². The quantitative estimate of drug-likeness (QED) is 0.357. The molecule has 0 N–H and O–H groups in total. The number of benzene rings is 1. The fourth-order valence-electron chi connectivity index (χ4n) is 2.68. The molecule has 0 nitrogen and oxygen atoms in total. The van der Waals surface area contributed by atoms with Crippen LogP contribution in [-0.2, 0) is 12.8 Å². The van der Waals surface area contributed by atoms with Gasteiger partial charge in [0.15, 0.2) is 0 Å². The summed E-state index contributed by atoms with van der Waals surface area (Å²) in [5.41, 5.74) is 2.66. The SMILES string of the molecule is ClC(c1cc2c(s1)CCCCC2)c1cc(Br)ccc1Br. The fraction of sp³-hybridized carbons (Fsp3) is 0.375. The first-order valence-electron chi connectivity index (χ1n) is 6.85. The number of rotatable bonds is 2. The Morgan fingerprint density at radius 1 is 1.05 bits per heavy atom. The predicted octanol–water partition coefficient (Wildman–Crippen LogP) is 6.87. The number of fused-ring (bicyclic) bond motifs is 1. The summed E-state index contributed by atoms with van der Waals surface area (Å²) in [7, 11) is 0. The second-order valence-corrected chi connectivity index (χ2v) is 8.56. The number of halogens is 3. The Balaban J connectivity index is 1.94. The standard InChI is InChI=1S/C16H15Br2ClS/c17-11-6-7-13(18)12(9-11)16(19)15-8-10-4-2-1-3-5-14(10)20-15/h6-9,16H,1-5H2. The lowest BCUT2D eigenvalue weighted by Gasteiger charge is -2.10. The van der Waals surface area contributed by atoms with Crippen molar-refractivity contribution in [3.8, 4) is 0 Å². The smallest absolute Gasteiger partial charge is 0.0939 e. The van der Waals surface area contributed by atoms with Crippen molar-refractivity contribution in [2.75, 3.05) is 0 Å². The van der Waals surface area contributed by atoms with Crippen molar-refractivity contribution in [2.45, 2.75) is 37.5 Å². The fourth-order valence-corrected chi connectivity index (χ4v) is 5.30. The van der Waals surface area contributed by atoms with E-state index in [-0.39, 0.29) is 5.38 Å². The molecule has 0 aliphatic heterocycles. The molecule has 106 valence electrons. The lowest BCUT2D eigenvalue weighted by Crippen LogP contribution is -1.92. The van der Waals surface area contributed by atoms with Crippen molar-refractivity contribution in [3.05, 3.63) is 54.1 Å². The van der Waals surface area contributed by atoms with E-state index in [1.54, 1.807) is 4.88 Å². The number of alkyl halides is 1. The highest BCUT2D eigenvalue weighted by Gasteiger charge is 2.20. The second-order valence-electron chi connectivity index (χ2n) is 5.19. The van der Waals surface area contributed by atoms with Crippen LogP contribution in [0.1, 0.15) is 45.5 Å². The lowest BCUT2D eigenvalue weighted by molar-refractivity contribution is 0.712. The molecule has 3 rings (SSSR count). The Morgan fingerprint density at radius 2 is 1.85 bits per heavy atom. The molecule has 1 heterocycles. The van der Waals surface area contributed by atoms with Crippen LogP contribution in [0.2, 0.25) is 0 Å². The molecule has 1 unspecified atom stereocenters. The van der Waals surface area contributed by atoms with Gasteiger partial charge in [-0.05, 0) is 61.1 Å². The maximum Gasteiger partial charge on any atom is 0.0939 e. The minimum absolute atomic E-state index is 0.0706. The van der Waals surface area contributed by atoms with Crippen molar-refractivity contribution in [2.24, 2.45) is 0 Å². The zero-order chi connectivity index (χ0) is 14.1. The van der Waals surface area contributed by atoms with Gasteiger partial charge in [0, 0.05) is 18.7 Å². The topological polar surface area (TPSA) is 0 Å². The third-order valence-electron chi connectivity index (χ3n) is 3.75. The summed E-state index contributed by atoms with van der Waals surface area (Å²) >= 11 is 15.8. The van der Waals surface area contributed by atoms with Crippen molar-refractivity contribution in [1.82, 2.24) is 0 Å². The Kier molecular flexibility index (Phi) is 4.91. The first-order valence-corrected chi connectivity index (χ1v) is 9.69. The van der Waals surface area contributed by atoms with Crippen LogP contribution >= 0.6 is 54.8 Å². The largest absolute Gasteiger partial charge is 0.143 e. The van der Waals surface area contributed by atoms with E-state index >= 15 is 0 Å². The van der Waals surface area contributed by atoms with E-state index in [4.69, 9.17) is 11.6 Å². The molecule has 0 saturated heterocycles. The predicted molar refractivity (Wildman–Crippen MR) is 95.1 cm³/mol. The Labute approximate surface area is 145 Å². The van der Waals surface area contributed by atoms with E-state index in [2.05, 4.69) is 44.0 Å². The molecule has 20 heavy (non-hydrogen) atoms. The number of hydrogen-bond acceptors (Lipinski definition) is 1. The van der Waals surface area contributed by atoms with E-state index < -0.39 is 0 Å². The van der Waals surface area contributed by atoms with Gasteiger partial charge in [0.2, 0.25) is 0 Å². The van der Waals surface area contributed by atoms with Gasteiger partial charge in [-0.1, -0.05) is 38.3 Å². The molecule has 0 radical (unpaired) electrons. The molecule has 4 heteroatoms. The highest BCUT2D eigenvalue weighted by molar-refractivity contribution is 9.11. The van der Waals surface area contributed by atoms with Crippen LogP contribution < -0.4 is 0 Å². The molecular formula is C16H15Br2ClS. The Hall–Kier alpha value is 0.170. The zero-order valence-corrected chi connectivity index (χ0v) is 15.7. The minimum Gasteiger partial charge on any atom is -0.143 e. The average Bonchev–Trinajstić information content (AvgIpc) is 2.72. The molecule has 0 bridgehead atoms. The molecule has 0 saturated carbocycles. The lowest BCUT2D eigenvalue weighted by atomic mass is 10.1. The van der Waals surface area contributed by atoms with Gasteiger partial charge >= 0.3 is 0 Å². The van der Waals surface area contributed by atoms with Crippen LogP contribution in [0.15, 0.2) is 33.2 Å². The summed E-state index contributed by atoms with van der Waals surface area (Å²) in [5, 5.41) is -0.0706. The monoisotopic (exact) mass is 432 g/mol. The molecule has 0 spiro atoms. The van der Waals surface area contributed by atoms with E-state index in [0.29, 0.717) is 0 Å². The van der Waals surface area contributed by atoms with Crippen molar-refractivity contribution in [3.63, 3.8) is 0 Å². The van der Waals surface area contributed by atoms with Gasteiger partial charge < -0.3 is 0 Å².